The van der Waals surface area contributed by atoms with E-state index < -0.39 is 17.5 Å². The molecule has 1 aliphatic carbocycles. The average molecular weight is 374 g/mol. The predicted molar refractivity (Wildman–Crippen MR) is 107 cm³/mol. The summed E-state index contributed by atoms with van der Waals surface area (Å²) >= 11 is 0. The van der Waals surface area contributed by atoms with Crippen molar-refractivity contribution in [1.82, 2.24) is 0 Å². The summed E-state index contributed by atoms with van der Waals surface area (Å²) in [4.78, 5) is 0. The molecule has 0 unspecified atom stereocenters. The van der Waals surface area contributed by atoms with Gasteiger partial charge in [0, 0.05) is 0 Å². The molecule has 3 heteroatoms. The van der Waals surface area contributed by atoms with Crippen molar-refractivity contribution >= 4 is 10.8 Å². The number of allylic oxidation sites excluding steroid dienone is 2. The van der Waals surface area contributed by atoms with Gasteiger partial charge in [-0.1, -0.05) is 44.1 Å². The van der Waals surface area contributed by atoms with Crippen LogP contribution in [-0.4, -0.2) is 0 Å². The molecule has 2 aromatic rings. The zero-order chi connectivity index (χ0) is 19.4. The smallest absolute Gasteiger partial charge is 0.169 e. The van der Waals surface area contributed by atoms with E-state index in [1.54, 1.807) is 18.2 Å². The molecule has 1 fully saturated rings. The van der Waals surface area contributed by atoms with Gasteiger partial charge in [0.2, 0.25) is 0 Å². The quantitative estimate of drug-likeness (QED) is 0.357. The Balaban J connectivity index is 1.91. The number of unbranched alkanes of at least 4 members (excludes halogenated alkanes) is 2. The first-order valence-corrected chi connectivity index (χ1v) is 10.3. The van der Waals surface area contributed by atoms with Gasteiger partial charge in [0.15, 0.2) is 11.6 Å². The molecule has 0 radical (unpaired) electrons. The lowest BCUT2D eigenvalue weighted by Gasteiger charge is -2.27. The summed E-state index contributed by atoms with van der Waals surface area (Å²) in [5, 5.41) is 0.282. The van der Waals surface area contributed by atoms with Gasteiger partial charge in [-0.25, -0.2) is 13.2 Å². The molecule has 3 rings (SSSR count). The van der Waals surface area contributed by atoms with Gasteiger partial charge in [0.25, 0.3) is 0 Å². The fraction of sp³-hybridized carbons (Fsp3) is 0.500. The third kappa shape index (κ3) is 4.23. The summed E-state index contributed by atoms with van der Waals surface area (Å²) in [7, 11) is 0. The van der Waals surface area contributed by atoms with E-state index in [2.05, 4.69) is 19.1 Å². The number of benzene rings is 2. The molecule has 1 aliphatic rings. The Labute approximate surface area is 160 Å². The van der Waals surface area contributed by atoms with Gasteiger partial charge in [-0.05, 0) is 79.9 Å². The minimum absolute atomic E-state index is 0.0118. The van der Waals surface area contributed by atoms with Crippen molar-refractivity contribution in [2.24, 2.45) is 5.92 Å². The third-order valence-corrected chi connectivity index (χ3v) is 5.96. The van der Waals surface area contributed by atoms with E-state index in [4.69, 9.17) is 0 Å². The van der Waals surface area contributed by atoms with Crippen molar-refractivity contribution in [2.75, 3.05) is 0 Å². The molecule has 0 N–H and O–H groups in total. The molecule has 27 heavy (non-hydrogen) atoms. The molecule has 146 valence electrons. The first-order chi connectivity index (χ1) is 13.1. The second kappa shape index (κ2) is 8.95. The molecule has 0 saturated heterocycles. The predicted octanol–water partition coefficient (Wildman–Crippen LogP) is 7.84. The van der Waals surface area contributed by atoms with E-state index in [-0.39, 0.29) is 11.3 Å². The second-order valence-corrected chi connectivity index (χ2v) is 7.83. The highest BCUT2D eigenvalue weighted by Crippen LogP contribution is 2.40. The molecular formula is C24H29F3. The van der Waals surface area contributed by atoms with Crippen LogP contribution < -0.4 is 0 Å². The number of hydrogen-bond acceptors (Lipinski definition) is 0. The standard InChI is InChI=1S/C24H29F3/c1-3-5-6-8-18-13-14-19-15-20(23(26)24(27)21(19)22(18)25)17-11-9-16(7-4-2)10-12-17/h4,7,13-17H,3,5-6,8-12H2,1-2H3/b7-4+. The van der Waals surface area contributed by atoms with Crippen LogP contribution in [0.5, 0.6) is 0 Å². The molecule has 0 heterocycles. The SMILES string of the molecule is C/C=C/C1CCC(c2cc3ccc(CCCCC)c(F)c3c(F)c2F)CC1. The number of rotatable bonds is 6. The van der Waals surface area contributed by atoms with E-state index >= 15 is 0 Å². The highest BCUT2D eigenvalue weighted by Gasteiger charge is 2.26. The van der Waals surface area contributed by atoms with Gasteiger partial charge < -0.3 is 0 Å². The Hall–Kier alpha value is -1.77. The normalized spacial score (nSPS) is 20.6. The molecule has 0 aliphatic heterocycles. The van der Waals surface area contributed by atoms with Gasteiger partial charge >= 0.3 is 0 Å². The van der Waals surface area contributed by atoms with Crippen LogP contribution in [0.4, 0.5) is 13.2 Å². The Morgan fingerprint density at radius 2 is 1.70 bits per heavy atom. The van der Waals surface area contributed by atoms with E-state index in [1.807, 2.05) is 6.92 Å². The van der Waals surface area contributed by atoms with Crippen LogP contribution in [0.2, 0.25) is 0 Å². The molecule has 2 aromatic carbocycles. The number of halogens is 3. The van der Waals surface area contributed by atoms with Gasteiger partial charge in [-0.2, -0.15) is 0 Å². The van der Waals surface area contributed by atoms with Crippen LogP contribution >= 0.6 is 0 Å². The fourth-order valence-electron chi connectivity index (χ4n) is 4.40. The van der Waals surface area contributed by atoms with Gasteiger partial charge in [-0.15, -0.1) is 0 Å². The van der Waals surface area contributed by atoms with E-state index in [0.29, 0.717) is 28.9 Å². The van der Waals surface area contributed by atoms with Gasteiger partial charge in [0.05, 0.1) is 5.39 Å². The molecule has 0 spiro atoms. The largest absolute Gasteiger partial charge is 0.206 e. The number of hydrogen-bond donors (Lipinski definition) is 0. The summed E-state index contributed by atoms with van der Waals surface area (Å²) < 4.78 is 44.5. The second-order valence-electron chi connectivity index (χ2n) is 7.83. The van der Waals surface area contributed by atoms with Crippen LogP contribution in [0.15, 0.2) is 30.4 Å². The van der Waals surface area contributed by atoms with Crippen LogP contribution in [-0.2, 0) is 6.42 Å². The maximum Gasteiger partial charge on any atom is 0.169 e. The lowest BCUT2D eigenvalue weighted by Crippen LogP contribution is -2.14. The number of fused-ring (bicyclic) bond motifs is 1. The van der Waals surface area contributed by atoms with E-state index in [1.165, 1.54) is 0 Å². The monoisotopic (exact) mass is 374 g/mol. The molecule has 1 saturated carbocycles. The van der Waals surface area contributed by atoms with Crippen LogP contribution in [0.25, 0.3) is 10.8 Å². The minimum atomic E-state index is -1.02. The third-order valence-electron chi connectivity index (χ3n) is 5.96. The van der Waals surface area contributed by atoms with Crippen molar-refractivity contribution in [2.45, 2.75) is 71.1 Å². The van der Waals surface area contributed by atoms with E-state index in [9.17, 15) is 13.2 Å². The molecule has 0 bridgehead atoms. The molecule has 0 nitrogen and oxygen atoms in total. The fourth-order valence-corrected chi connectivity index (χ4v) is 4.40. The lowest BCUT2D eigenvalue weighted by molar-refractivity contribution is 0.364. The van der Waals surface area contributed by atoms with Gasteiger partial charge in [0.1, 0.15) is 5.82 Å². The highest BCUT2D eigenvalue weighted by atomic mass is 19.2. The minimum Gasteiger partial charge on any atom is -0.206 e. The molecule has 0 amide bonds. The lowest BCUT2D eigenvalue weighted by atomic mass is 9.78. The van der Waals surface area contributed by atoms with Crippen molar-refractivity contribution in [3.8, 4) is 0 Å². The Kier molecular flexibility index (Phi) is 6.62. The zero-order valence-electron chi connectivity index (χ0n) is 16.3. The van der Waals surface area contributed by atoms with Crippen molar-refractivity contribution in [3.05, 3.63) is 58.9 Å². The summed E-state index contributed by atoms with van der Waals surface area (Å²) in [6.07, 6.45) is 11.4. The molecule has 0 atom stereocenters. The average Bonchev–Trinajstić information content (AvgIpc) is 2.67. The maximum atomic E-state index is 14.8. The molecular weight excluding hydrogens is 345 g/mol. The summed E-state index contributed by atoms with van der Waals surface area (Å²) in [5.41, 5.74) is 0.894. The van der Waals surface area contributed by atoms with Crippen molar-refractivity contribution in [1.29, 1.82) is 0 Å². The Morgan fingerprint density at radius 3 is 2.37 bits per heavy atom. The maximum absolute atomic E-state index is 14.8. The van der Waals surface area contributed by atoms with Crippen molar-refractivity contribution < 1.29 is 13.2 Å². The first kappa shape index (κ1) is 20.0. The zero-order valence-corrected chi connectivity index (χ0v) is 16.3. The molecule has 0 aromatic heterocycles. The van der Waals surface area contributed by atoms with Crippen molar-refractivity contribution in [3.63, 3.8) is 0 Å². The number of aryl methyl sites for hydroxylation is 1. The van der Waals surface area contributed by atoms with Crippen LogP contribution in [0.1, 0.15) is 75.8 Å². The summed E-state index contributed by atoms with van der Waals surface area (Å²) in [6.45, 7) is 4.09. The summed E-state index contributed by atoms with van der Waals surface area (Å²) in [5.74, 6) is -1.93. The highest BCUT2D eigenvalue weighted by molar-refractivity contribution is 5.85. The first-order valence-electron chi connectivity index (χ1n) is 10.3. The van der Waals surface area contributed by atoms with Gasteiger partial charge in [-0.3, -0.25) is 0 Å². The topological polar surface area (TPSA) is 0 Å². The summed E-state index contributed by atoms with van der Waals surface area (Å²) in [6, 6.07) is 5.15. The Bertz CT molecular complexity index is 814. The van der Waals surface area contributed by atoms with Crippen LogP contribution in [0.3, 0.4) is 0 Å². The van der Waals surface area contributed by atoms with E-state index in [0.717, 1.165) is 44.9 Å². The Morgan fingerprint density at radius 1 is 0.963 bits per heavy atom. The van der Waals surface area contributed by atoms with Crippen LogP contribution in [0, 0.1) is 23.4 Å².